The molecule has 2 heterocycles. The predicted octanol–water partition coefficient (Wildman–Crippen LogP) is 5.65. The molecule has 2 aromatic heterocycles. The summed E-state index contributed by atoms with van der Waals surface area (Å²) < 4.78 is 13.0. The summed E-state index contributed by atoms with van der Waals surface area (Å²) in [7, 11) is 5.40. The number of ether oxygens (including phenoxy) is 2. The van der Waals surface area contributed by atoms with Crippen molar-refractivity contribution in [2.24, 2.45) is 0 Å². The number of benzene rings is 1. The molecule has 1 saturated carbocycles. The van der Waals surface area contributed by atoms with Gasteiger partial charge in [0.15, 0.2) is 0 Å². The van der Waals surface area contributed by atoms with Crippen molar-refractivity contribution in [2.75, 3.05) is 34.4 Å². The second-order valence-corrected chi connectivity index (χ2v) is 11.5. The van der Waals surface area contributed by atoms with Crippen molar-refractivity contribution in [3.05, 3.63) is 58.5 Å². The van der Waals surface area contributed by atoms with E-state index in [-0.39, 0.29) is 5.69 Å². The SMILES string of the molecule is CCc1cc(CC)n(-c2ccc(C(=O)NC3(C(=O)OC)CCCCC3)nc2-c2ccc(Cl)c(OCCCN(C)C)c2)n1. The maximum absolute atomic E-state index is 13.6. The summed E-state index contributed by atoms with van der Waals surface area (Å²) in [6.45, 7) is 5.56. The lowest BCUT2D eigenvalue weighted by atomic mass is 9.81. The lowest BCUT2D eigenvalue weighted by Crippen LogP contribution is -2.56. The van der Waals surface area contributed by atoms with Gasteiger partial charge in [-0.3, -0.25) is 4.79 Å². The number of pyridine rings is 1. The van der Waals surface area contributed by atoms with Crippen LogP contribution in [0.3, 0.4) is 0 Å². The number of hydrogen-bond donors (Lipinski definition) is 1. The van der Waals surface area contributed by atoms with E-state index in [2.05, 4.69) is 30.1 Å². The summed E-state index contributed by atoms with van der Waals surface area (Å²) in [4.78, 5) is 33.4. The van der Waals surface area contributed by atoms with E-state index in [4.69, 9.17) is 31.2 Å². The van der Waals surface area contributed by atoms with Gasteiger partial charge < -0.3 is 19.7 Å². The smallest absolute Gasteiger partial charge is 0.331 e. The van der Waals surface area contributed by atoms with E-state index in [9.17, 15) is 9.59 Å². The van der Waals surface area contributed by atoms with Gasteiger partial charge in [-0.1, -0.05) is 50.8 Å². The number of carbonyl (C=O) groups is 2. The number of halogens is 1. The van der Waals surface area contributed by atoms with Crippen LogP contribution >= 0.6 is 11.6 Å². The summed E-state index contributed by atoms with van der Waals surface area (Å²) in [5.74, 6) is -0.292. The Labute approximate surface area is 253 Å². The van der Waals surface area contributed by atoms with Crippen molar-refractivity contribution in [2.45, 2.75) is 70.8 Å². The average Bonchev–Trinajstić information content (AvgIpc) is 3.43. The second kappa shape index (κ2) is 14.2. The van der Waals surface area contributed by atoms with Crippen LogP contribution in [0.5, 0.6) is 5.75 Å². The van der Waals surface area contributed by atoms with Gasteiger partial charge in [0.05, 0.1) is 35.8 Å². The van der Waals surface area contributed by atoms with E-state index in [1.165, 1.54) is 7.11 Å². The number of aryl methyl sites for hydroxylation is 2. The van der Waals surface area contributed by atoms with Gasteiger partial charge in [-0.15, -0.1) is 0 Å². The molecule has 0 atom stereocenters. The third-order valence-electron chi connectivity index (χ3n) is 7.74. The van der Waals surface area contributed by atoms with Crippen LogP contribution in [0, 0.1) is 0 Å². The lowest BCUT2D eigenvalue weighted by Gasteiger charge is -2.35. The lowest BCUT2D eigenvalue weighted by molar-refractivity contribution is -0.149. The van der Waals surface area contributed by atoms with Gasteiger partial charge >= 0.3 is 5.97 Å². The van der Waals surface area contributed by atoms with Crippen LogP contribution in [0.1, 0.15) is 74.2 Å². The topological polar surface area (TPSA) is 98.6 Å². The van der Waals surface area contributed by atoms with Crippen molar-refractivity contribution in [3.63, 3.8) is 0 Å². The number of esters is 1. The molecule has 1 aliphatic carbocycles. The zero-order valence-corrected chi connectivity index (χ0v) is 26.1. The quantitative estimate of drug-likeness (QED) is 0.213. The predicted molar refractivity (Wildman–Crippen MR) is 165 cm³/mol. The van der Waals surface area contributed by atoms with Crippen molar-refractivity contribution < 1.29 is 19.1 Å². The molecule has 10 heteroatoms. The zero-order valence-electron chi connectivity index (χ0n) is 25.3. The van der Waals surface area contributed by atoms with Crippen LogP contribution in [0.15, 0.2) is 36.4 Å². The maximum Gasteiger partial charge on any atom is 0.331 e. The Morgan fingerprint density at radius 3 is 2.50 bits per heavy atom. The molecule has 9 nitrogen and oxygen atoms in total. The summed E-state index contributed by atoms with van der Waals surface area (Å²) >= 11 is 6.52. The minimum Gasteiger partial charge on any atom is -0.492 e. The van der Waals surface area contributed by atoms with E-state index in [0.717, 1.165) is 67.7 Å². The number of methoxy groups -OCH3 is 1. The molecule has 1 amide bonds. The largest absolute Gasteiger partial charge is 0.492 e. The number of nitrogens with zero attached hydrogens (tertiary/aromatic N) is 4. The first kappa shape index (κ1) is 31.5. The molecule has 1 aromatic carbocycles. The van der Waals surface area contributed by atoms with Crippen molar-refractivity contribution in [3.8, 4) is 22.7 Å². The van der Waals surface area contributed by atoms with E-state index in [1.54, 1.807) is 12.1 Å². The summed E-state index contributed by atoms with van der Waals surface area (Å²) in [5.41, 5.74) is 3.20. The van der Waals surface area contributed by atoms with E-state index in [1.807, 2.05) is 37.0 Å². The maximum atomic E-state index is 13.6. The second-order valence-electron chi connectivity index (χ2n) is 11.0. The van der Waals surface area contributed by atoms with E-state index < -0.39 is 17.4 Å². The molecule has 1 aliphatic rings. The summed E-state index contributed by atoms with van der Waals surface area (Å²) in [6.07, 6.45) is 6.20. The molecular weight excluding hydrogens is 554 g/mol. The number of aromatic nitrogens is 3. The summed E-state index contributed by atoms with van der Waals surface area (Å²) in [6, 6.07) is 11.2. The zero-order chi connectivity index (χ0) is 30.3. The number of nitrogens with one attached hydrogen (secondary N) is 1. The Balaban J connectivity index is 1.76. The van der Waals surface area contributed by atoms with E-state index in [0.29, 0.717) is 35.9 Å². The third-order valence-corrected chi connectivity index (χ3v) is 8.05. The van der Waals surface area contributed by atoms with Gasteiger partial charge in [-0.2, -0.15) is 5.10 Å². The van der Waals surface area contributed by atoms with Gasteiger partial charge in [0.25, 0.3) is 5.91 Å². The number of rotatable bonds is 12. The van der Waals surface area contributed by atoms with Crippen LogP contribution in [-0.4, -0.2) is 71.4 Å². The monoisotopic (exact) mass is 595 g/mol. The molecular formula is C32H42ClN5O4. The van der Waals surface area contributed by atoms with Gasteiger partial charge in [-0.25, -0.2) is 14.5 Å². The molecule has 1 N–H and O–H groups in total. The first-order valence-electron chi connectivity index (χ1n) is 14.8. The first-order chi connectivity index (χ1) is 20.2. The molecule has 0 saturated heterocycles. The molecule has 0 unspecified atom stereocenters. The van der Waals surface area contributed by atoms with Gasteiger partial charge in [0, 0.05) is 17.8 Å². The Morgan fingerprint density at radius 2 is 1.83 bits per heavy atom. The normalized spacial score (nSPS) is 14.5. The highest BCUT2D eigenvalue weighted by molar-refractivity contribution is 6.32. The fourth-order valence-electron chi connectivity index (χ4n) is 5.41. The molecule has 0 aliphatic heterocycles. The minimum atomic E-state index is -1.05. The van der Waals surface area contributed by atoms with Gasteiger partial charge in [0.1, 0.15) is 17.0 Å². The fraction of sp³-hybridized carbons (Fsp3) is 0.500. The molecule has 3 aromatic rings. The standard InChI is InChI=1S/C32H42ClN5O4/c1-6-23-21-24(7-2)38(36-23)27-15-14-26(30(39)35-32(31(40)41-5)16-9-8-10-17-32)34-29(27)22-12-13-25(33)28(20-22)42-19-11-18-37(3)4/h12-15,20-21H,6-11,16-19H2,1-5H3,(H,35,39). The Morgan fingerprint density at radius 1 is 1.07 bits per heavy atom. The number of amides is 1. The van der Waals surface area contributed by atoms with Crippen molar-refractivity contribution in [1.29, 1.82) is 0 Å². The van der Waals surface area contributed by atoms with Gasteiger partial charge in [-0.05, 0) is 76.5 Å². The minimum absolute atomic E-state index is 0.201. The van der Waals surface area contributed by atoms with Crippen LogP contribution < -0.4 is 10.1 Å². The van der Waals surface area contributed by atoms with Crippen LogP contribution in [0.25, 0.3) is 16.9 Å². The highest BCUT2D eigenvalue weighted by atomic mass is 35.5. The van der Waals surface area contributed by atoms with Crippen molar-refractivity contribution >= 4 is 23.5 Å². The Hall–Kier alpha value is -3.43. The summed E-state index contributed by atoms with van der Waals surface area (Å²) in [5, 5.41) is 8.33. The molecule has 42 heavy (non-hydrogen) atoms. The highest BCUT2D eigenvalue weighted by Gasteiger charge is 2.42. The molecule has 0 spiro atoms. The highest BCUT2D eigenvalue weighted by Crippen LogP contribution is 2.34. The van der Waals surface area contributed by atoms with Crippen molar-refractivity contribution in [1.82, 2.24) is 25.0 Å². The van der Waals surface area contributed by atoms with Crippen LogP contribution in [-0.2, 0) is 22.4 Å². The molecule has 226 valence electrons. The Bertz CT molecular complexity index is 1400. The van der Waals surface area contributed by atoms with Gasteiger partial charge in [0.2, 0.25) is 0 Å². The average molecular weight is 596 g/mol. The number of carbonyl (C=O) groups excluding carboxylic acids is 2. The third kappa shape index (κ3) is 7.13. The van der Waals surface area contributed by atoms with Crippen LogP contribution in [0.4, 0.5) is 0 Å². The molecule has 1 fully saturated rings. The first-order valence-corrected chi connectivity index (χ1v) is 15.2. The Kier molecular flexibility index (Phi) is 10.6. The number of hydrogen-bond acceptors (Lipinski definition) is 7. The molecule has 0 bridgehead atoms. The molecule has 4 rings (SSSR count). The fourth-order valence-corrected chi connectivity index (χ4v) is 5.58. The van der Waals surface area contributed by atoms with E-state index >= 15 is 0 Å². The molecule has 0 radical (unpaired) electrons. The van der Waals surface area contributed by atoms with Crippen LogP contribution in [0.2, 0.25) is 5.02 Å².